The fraction of sp³-hybridized carbons (Fsp3) is 0.803. The summed E-state index contributed by atoms with van der Waals surface area (Å²) < 4.78 is 11.1. The van der Waals surface area contributed by atoms with Crippen LogP contribution in [0.15, 0.2) is 12.2 Å². The van der Waals surface area contributed by atoms with Crippen LogP contribution >= 0.6 is 0 Å². The van der Waals surface area contributed by atoms with Crippen molar-refractivity contribution in [3.63, 3.8) is 0 Å². The number of fused-ring (bicyclic) bond motifs is 1. The third-order valence-electron chi connectivity index (χ3n) is 18.3. The Balaban J connectivity index is 3.08. The Bertz CT molecular complexity index is 2600. The number of allylic oxidation sites excluding steroid dienone is 2. The maximum Gasteiger partial charge on any atom is 0.336 e. The largest absolute Gasteiger partial charge is 0.394 e. The molecule has 2 aliphatic rings. The second-order valence-corrected chi connectivity index (χ2v) is 28.2. The average Bonchev–Trinajstić information content (AvgIpc) is 1.53. The summed E-state index contributed by atoms with van der Waals surface area (Å²) in [6, 6.07) is -15.3. The number of aliphatic hydroxyl groups excluding tert-OH is 2. The molecule has 92 heavy (non-hydrogen) atoms. The summed E-state index contributed by atoms with van der Waals surface area (Å²) in [5, 5.41) is 34.2. The summed E-state index contributed by atoms with van der Waals surface area (Å²) >= 11 is 0. The van der Waals surface area contributed by atoms with Gasteiger partial charge in [-0.3, -0.25) is 47.9 Å². The topological polar surface area (TPSA) is 314 Å². The van der Waals surface area contributed by atoms with Crippen molar-refractivity contribution >= 4 is 65.0 Å². The lowest BCUT2D eigenvalue weighted by Crippen LogP contribution is -2.64. The lowest BCUT2D eigenvalue weighted by Gasteiger charge is -2.41. The molecule has 0 aromatic carbocycles. The van der Waals surface area contributed by atoms with E-state index in [1.807, 2.05) is 41.5 Å². The van der Waals surface area contributed by atoms with Gasteiger partial charge in [0.1, 0.15) is 67.2 Å². The van der Waals surface area contributed by atoms with Crippen LogP contribution in [0.5, 0.6) is 0 Å². The van der Waals surface area contributed by atoms with E-state index >= 15 is 19.2 Å². The van der Waals surface area contributed by atoms with Crippen LogP contribution in [-0.2, 0) is 62.2 Å². The van der Waals surface area contributed by atoms with Crippen molar-refractivity contribution in [1.29, 1.82) is 0 Å². The number of nitrogens with one attached hydrogen (secondary N) is 4. The number of hydrogen-bond acceptors (Lipinski definition) is 15. The first-order valence-corrected chi connectivity index (χ1v) is 32.8. The minimum absolute atomic E-state index is 0.0891. The molecule has 0 radical (unpaired) electrons. The summed E-state index contributed by atoms with van der Waals surface area (Å²) in [6.07, 6.45) is 2.19. The zero-order valence-corrected chi connectivity index (χ0v) is 60.1. The number of amides is 11. The lowest BCUT2D eigenvalue weighted by molar-refractivity contribution is -0.723. The highest BCUT2D eigenvalue weighted by Gasteiger charge is 2.74. The SMILES string of the molecule is C/C=C/C[C@@H](C)[C@@H](O)[C@H]1C(=O)N[C@@H](CC)C(=O)N(C)[C@H](CO)C(=O)N(C)[C@@H](CC(C)(C)OCOCC)C(=O)N[C@@H](C(C)C)C(=O)N(C)[C@@H](CC(C)C)C(=O)N[C@@H](C)C(=O)N[C@H](C)C(=O)[N+]2(C)C(C(C)C)[C@@H]2C(=O)N(C)[C@@H](CC(C)C)C(=O)N(C)[C@@H](C(C)C)C(=O)N1C. The number of ether oxygens (including phenoxy) is 2. The van der Waals surface area contributed by atoms with Crippen molar-refractivity contribution < 1.29 is 76.9 Å². The summed E-state index contributed by atoms with van der Waals surface area (Å²) in [6.45, 7) is 30.1. The molecule has 15 atom stereocenters. The Morgan fingerprint density at radius 1 is 0.565 bits per heavy atom. The third kappa shape index (κ3) is 20.2. The molecule has 26 nitrogen and oxygen atoms in total. The summed E-state index contributed by atoms with van der Waals surface area (Å²) in [4.78, 5) is 170. The molecule has 11 amide bonds. The molecule has 0 bridgehead atoms. The van der Waals surface area contributed by atoms with Crippen molar-refractivity contribution in [1.82, 2.24) is 50.7 Å². The third-order valence-corrected chi connectivity index (χ3v) is 18.3. The number of hydrogen-bond donors (Lipinski definition) is 6. The maximum atomic E-state index is 15.3. The minimum Gasteiger partial charge on any atom is -0.394 e. The van der Waals surface area contributed by atoms with Crippen LogP contribution in [0.2, 0.25) is 0 Å². The van der Waals surface area contributed by atoms with Gasteiger partial charge in [0.2, 0.25) is 59.2 Å². The van der Waals surface area contributed by atoms with Gasteiger partial charge in [-0.2, -0.15) is 0 Å². The Morgan fingerprint density at radius 2 is 1.05 bits per heavy atom. The molecule has 0 saturated carbocycles. The molecule has 26 heteroatoms. The van der Waals surface area contributed by atoms with Gasteiger partial charge in [-0.15, -0.1) is 0 Å². The number of quaternary nitrogens is 1. The monoisotopic (exact) mass is 1300 g/mol. The van der Waals surface area contributed by atoms with Crippen LogP contribution in [0.3, 0.4) is 0 Å². The molecule has 2 unspecified atom stereocenters. The Kier molecular flexibility index (Phi) is 31.6. The average molecular weight is 1310 g/mol. The molecule has 0 aromatic heterocycles. The normalized spacial score (nSPS) is 29.5. The van der Waals surface area contributed by atoms with Gasteiger partial charge >= 0.3 is 5.91 Å². The summed E-state index contributed by atoms with van der Waals surface area (Å²) in [5.74, 6) is -10.6. The molecular weight excluding hydrogens is 1190 g/mol. The molecule has 2 heterocycles. The van der Waals surface area contributed by atoms with Crippen LogP contribution in [0.1, 0.15) is 157 Å². The second kappa shape index (κ2) is 35.4. The van der Waals surface area contributed by atoms with Crippen molar-refractivity contribution in [3.8, 4) is 0 Å². The van der Waals surface area contributed by atoms with Crippen LogP contribution in [-0.4, -0.2) is 263 Å². The number of nitrogens with zero attached hydrogens (tertiary/aromatic N) is 7. The van der Waals surface area contributed by atoms with E-state index in [0.29, 0.717) is 6.61 Å². The molecule has 0 spiro atoms. The molecule has 6 N–H and O–H groups in total. The van der Waals surface area contributed by atoms with Crippen molar-refractivity contribution in [2.24, 2.45) is 35.5 Å². The van der Waals surface area contributed by atoms with Crippen molar-refractivity contribution in [2.75, 3.05) is 69.3 Å². The molecule has 2 aliphatic heterocycles. The van der Waals surface area contributed by atoms with E-state index in [1.165, 1.54) is 70.8 Å². The summed E-state index contributed by atoms with van der Waals surface area (Å²) in [7, 11) is 9.77. The van der Waals surface area contributed by atoms with E-state index in [1.54, 1.807) is 88.4 Å². The number of likely N-dealkylation sites (N-methyl/N-ethyl adjacent to an activating group) is 7. The molecule has 2 fully saturated rings. The molecular formula is C66H118N11O15+. The Hall–Kier alpha value is -6.09. The van der Waals surface area contributed by atoms with E-state index in [0.717, 1.165) is 14.7 Å². The highest BCUT2D eigenvalue weighted by atomic mass is 16.7. The van der Waals surface area contributed by atoms with E-state index in [4.69, 9.17) is 9.47 Å². The first-order valence-electron chi connectivity index (χ1n) is 32.8. The first-order chi connectivity index (χ1) is 42.5. The second-order valence-electron chi connectivity index (χ2n) is 28.2. The molecule has 0 aromatic rings. The van der Waals surface area contributed by atoms with E-state index in [9.17, 15) is 43.8 Å². The Morgan fingerprint density at radius 3 is 1.54 bits per heavy atom. The smallest absolute Gasteiger partial charge is 0.336 e. The predicted molar refractivity (Wildman–Crippen MR) is 349 cm³/mol. The standard InChI is InChI=1S/C66H117N11O15/c1-26-29-30-41(14)54(79)51-58(83)69-44(27-2)59(84)74(22)48(34-78)61(86)73(21)47(33-66(17,18)92-35-91-28-3)57(82)70-49(38(8)9)62(87)71(19)45(31-36(4)5)56(81)67-42(15)55(80)68-43(16)65(90)77(25)52(40(12)13)53(77)64(89)72(20)46(32-37(6)7)60(85)75(23)50(39(10)11)63(88)76(51)24/h26,29,36-54,78-79H,27-28,30-35H2,1-25H3,(H3-,67,68,69,70,80,81,82,83)/p+1/b29-26+/t41-,42+,43-,44+,45+,46+,47+,48-,49+,50+,51+,52?,53-,54-,77?/m1/s1. The van der Waals surface area contributed by atoms with E-state index in [-0.39, 0.29) is 56.7 Å². The van der Waals surface area contributed by atoms with E-state index < -0.39 is 178 Å². The van der Waals surface area contributed by atoms with Gasteiger partial charge in [-0.25, -0.2) is 9.28 Å². The van der Waals surface area contributed by atoms with Crippen LogP contribution < -0.4 is 21.3 Å². The number of carbonyl (C=O) groups is 11. The van der Waals surface area contributed by atoms with Gasteiger partial charge in [0, 0.05) is 61.2 Å². The fourth-order valence-electron chi connectivity index (χ4n) is 12.5. The van der Waals surface area contributed by atoms with Crippen molar-refractivity contribution in [2.45, 2.75) is 241 Å². The maximum absolute atomic E-state index is 15.3. The zero-order chi connectivity index (χ0) is 71.1. The fourth-order valence-corrected chi connectivity index (χ4v) is 12.5. The van der Waals surface area contributed by atoms with Crippen LogP contribution in [0.4, 0.5) is 0 Å². The molecule has 526 valence electrons. The Labute approximate surface area is 548 Å². The van der Waals surface area contributed by atoms with Gasteiger partial charge in [-0.1, -0.05) is 95.2 Å². The predicted octanol–water partition coefficient (Wildman–Crippen LogP) is 2.27. The highest BCUT2D eigenvalue weighted by Crippen LogP contribution is 2.45. The van der Waals surface area contributed by atoms with Gasteiger partial charge in [0.05, 0.1) is 25.4 Å². The summed E-state index contributed by atoms with van der Waals surface area (Å²) in [5.41, 5.74) is -1.20. The van der Waals surface area contributed by atoms with Gasteiger partial charge in [-0.05, 0) is 96.8 Å². The number of carbonyl (C=O) groups excluding carboxylic acids is 11. The van der Waals surface area contributed by atoms with Crippen LogP contribution in [0.25, 0.3) is 0 Å². The van der Waals surface area contributed by atoms with Crippen LogP contribution in [0, 0.1) is 35.5 Å². The molecule has 0 aliphatic carbocycles. The van der Waals surface area contributed by atoms with Gasteiger partial charge in [0.25, 0.3) is 5.91 Å². The highest BCUT2D eigenvalue weighted by molar-refractivity contribution is 6.00. The molecule has 2 rings (SSSR count). The van der Waals surface area contributed by atoms with E-state index in [2.05, 4.69) is 21.3 Å². The first kappa shape index (κ1) is 82.0. The lowest BCUT2D eigenvalue weighted by atomic mass is 9.91. The minimum atomic E-state index is -1.69. The van der Waals surface area contributed by atoms with Gasteiger partial charge < -0.3 is 70.4 Å². The van der Waals surface area contributed by atoms with Gasteiger partial charge in [0.15, 0.2) is 6.04 Å². The number of aliphatic hydroxyl groups is 2. The quantitative estimate of drug-likeness (QED) is 0.0355. The number of rotatable bonds is 19. The zero-order valence-electron chi connectivity index (χ0n) is 60.1. The molecule has 2 saturated heterocycles. The van der Waals surface area contributed by atoms with Crippen molar-refractivity contribution in [3.05, 3.63) is 12.2 Å².